The van der Waals surface area contributed by atoms with Crippen molar-refractivity contribution in [3.05, 3.63) is 0 Å². The Kier molecular flexibility index (Phi) is 6.24. The molecule has 0 aromatic rings. The predicted octanol–water partition coefficient (Wildman–Crippen LogP) is 1.68. The maximum atomic E-state index is 9.90. The number of aliphatic hydroxyl groups excluding tert-OH is 1. The van der Waals surface area contributed by atoms with Gasteiger partial charge in [-0.05, 0) is 45.7 Å². The molecule has 3 N–H and O–H groups in total. The molecular formula is C12H24N2OS. The second-order valence-corrected chi connectivity index (χ2v) is 5.35. The fourth-order valence-corrected chi connectivity index (χ4v) is 2.58. The molecule has 1 rings (SSSR count). The summed E-state index contributed by atoms with van der Waals surface area (Å²) >= 11 is 4.84. The van der Waals surface area contributed by atoms with Crippen molar-refractivity contribution in [2.75, 3.05) is 13.6 Å². The third-order valence-electron chi connectivity index (χ3n) is 3.44. The van der Waals surface area contributed by atoms with Crippen LogP contribution in [-0.4, -0.2) is 40.7 Å². The van der Waals surface area contributed by atoms with E-state index < -0.39 is 0 Å². The van der Waals surface area contributed by atoms with E-state index in [0.29, 0.717) is 11.0 Å². The van der Waals surface area contributed by atoms with Gasteiger partial charge in [0, 0.05) is 6.04 Å². The zero-order valence-electron chi connectivity index (χ0n) is 10.2. The molecule has 1 aliphatic rings. The Morgan fingerprint density at radius 2 is 2.06 bits per heavy atom. The first kappa shape index (κ1) is 13.9. The van der Waals surface area contributed by atoms with E-state index in [0.717, 1.165) is 38.6 Å². The van der Waals surface area contributed by atoms with Crippen LogP contribution >= 0.6 is 12.2 Å². The van der Waals surface area contributed by atoms with E-state index in [1.54, 1.807) is 0 Å². The van der Waals surface area contributed by atoms with Crippen LogP contribution in [0.25, 0.3) is 0 Å². The molecule has 1 fully saturated rings. The highest BCUT2D eigenvalue weighted by Gasteiger charge is 2.25. The summed E-state index contributed by atoms with van der Waals surface area (Å²) in [6, 6.07) is 0.360. The number of aliphatic hydroxyl groups is 1. The van der Waals surface area contributed by atoms with Gasteiger partial charge in [0.2, 0.25) is 0 Å². The summed E-state index contributed by atoms with van der Waals surface area (Å²) in [5.41, 5.74) is 5.45. The van der Waals surface area contributed by atoms with E-state index in [2.05, 4.69) is 11.9 Å². The summed E-state index contributed by atoms with van der Waals surface area (Å²) in [6.07, 6.45) is 7.39. The van der Waals surface area contributed by atoms with Gasteiger partial charge in [-0.25, -0.2) is 0 Å². The minimum absolute atomic E-state index is 0.130. The van der Waals surface area contributed by atoms with Gasteiger partial charge in [-0.15, -0.1) is 0 Å². The molecule has 0 radical (unpaired) electrons. The van der Waals surface area contributed by atoms with E-state index >= 15 is 0 Å². The average molecular weight is 244 g/mol. The molecule has 0 spiro atoms. The highest BCUT2D eigenvalue weighted by atomic mass is 32.1. The lowest BCUT2D eigenvalue weighted by Crippen LogP contribution is -2.43. The highest BCUT2D eigenvalue weighted by Crippen LogP contribution is 2.22. The van der Waals surface area contributed by atoms with Crippen LogP contribution in [0.2, 0.25) is 0 Å². The molecule has 2 atom stereocenters. The first-order valence-corrected chi connectivity index (χ1v) is 6.68. The van der Waals surface area contributed by atoms with Crippen molar-refractivity contribution in [3.8, 4) is 0 Å². The Bertz CT molecular complexity index is 223. The molecule has 0 bridgehead atoms. The summed E-state index contributed by atoms with van der Waals surface area (Å²) in [5, 5.41) is 9.90. The number of nitrogens with two attached hydrogens (primary N) is 1. The smallest absolute Gasteiger partial charge is 0.0727 e. The molecule has 3 nitrogen and oxygen atoms in total. The number of rotatable bonds is 6. The monoisotopic (exact) mass is 244 g/mol. The Labute approximate surface area is 104 Å². The molecule has 2 unspecified atom stereocenters. The van der Waals surface area contributed by atoms with Crippen molar-refractivity contribution in [2.45, 2.75) is 57.1 Å². The summed E-state index contributed by atoms with van der Waals surface area (Å²) in [6.45, 7) is 1.03. The minimum atomic E-state index is -0.130. The SMILES string of the molecule is CN(CCCCC(N)=S)C1CCCCC1O. The molecule has 1 saturated carbocycles. The molecule has 0 aromatic heterocycles. The van der Waals surface area contributed by atoms with Gasteiger partial charge < -0.3 is 15.7 Å². The normalized spacial score (nSPS) is 25.9. The van der Waals surface area contributed by atoms with Crippen LogP contribution < -0.4 is 5.73 Å². The van der Waals surface area contributed by atoms with Crippen LogP contribution in [0.4, 0.5) is 0 Å². The molecule has 0 aromatic carbocycles. The van der Waals surface area contributed by atoms with Crippen molar-refractivity contribution in [1.29, 1.82) is 0 Å². The van der Waals surface area contributed by atoms with E-state index in [1.165, 1.54) is 12.8 Å². The molecule has 0 aliphatic heterocycles. The van der Waals surface area contributed by atoms with E-state index in [1.807, 2.05) is 0 Å². The Balaban J connectivity index is 2.17. The van der Waals surface area contributed by atoms with Gasteiger partial charge in [0.25, 0.3) is 0 Å². The fraction of sp³-hybridized carbons (Fsp3) is 0.917. The van der Waals surface area contributed by atoms with Crippen LogP contribution in [0, 0.1) is 0 Å². The van der Waals surface area contributed by atoms with Crippen LogP contribution in [0.15, 0.2) is 0 Å². The number of nitrogens with zero attached hydrogens (tertiary/aromatic N) is 1. The van der Waals surface area contributed by atoms with Crippen molar-refractivity contribution < 1.29 is 5.11 Å². The van der Waals surface area contributed by atoms with Crippen molar-refractivity contribution in [2.24, 2.45) is 5.73 Å². The molecule has 16 heavy (non-hydrogen) atoms. The lowest BCUT2D eigenvalue weighted by atomic mass is 9.91. The number of hydrogen-bond donors (Lipinski definition) is 2. The summed E-state index contributed by atoms with van der Waals surface area (Å²) in [7, 11) is 2.11. The zero-order valence-corrected chi connectivity index (χ0v) is 11.0. The van der Waals surface area contributed by atoms with E-state index in [4.69, 9.17) is 18.0 Å². The number of likely N-dealkylation sites (N-methyl/N-ethyl adjacent to an activating group) is 1. The van der Waals surface area contributed by atoms with Gasteiger partial charge in [0.1, 0.15) is 0 Å². The quantitative estimate of drug-likeness (QED) is 0.551. The van der Waals surface area contributed by atoms with E-state index in [9.17, 15) is 5.11 Å². The van der Waals surface area contributed by atoms with Gasteiger partial charge in [0.15, 0.2) is 0 Å². The largest absolute Gasteiger partial charge is 0.393 e. The second kappa shape index (κ2) is 7.20. The van der Waals surface area contributed by atoms with E-state index in [-0.39, 0.29) is 6.10 Å². The average Bonchev–Trinajstić information content (AvgIpc) is 2.24. The topological polar surface area (TPSA) is 49.5 Å². The molecule has 0 saturated heterocycles. The second-order valence-electron chi connectivity index (χ2n) is 4.82. The highest BCUT2D eigenvalue weighted by molar-refractivity contribution is 7.80. The Morgan fingerprint density at radius 3 is 2.69 bits per heavy atom. The molecule has 1 aliphatic carbocycles. The van der Waals surface area contributed by atoms with Gasteiger partial charge in [0.05, 0.1) is 11.1 Å². The first-order chi connectivity index (χ1) is 7.61. The standard InChI is InChI=1S/C12H24N2OS/c1-14(9-5-4-8-12(13)16)10-6-2-3-7-11(10)15/h10-11,15H,2-9H2,1H3,(H2,13,16). The Morgan fingerprint density at radius 1 is 1.38 bits per heavy atom. The zero-order chi connectivity index (χ0) is 12.0. The first-order valence-electron chi connectivity index (χ1n) is 6.28. The fourth-order valence-electron chi connectivity index (χ4n) is 2.43. The maximum Gasteiger partial charge on any atom is 0.0727 e. The summed E-state index contributed by atoms with van der Waals surface area (Å²) in [4.78, 5) is 2.91. The van der Waals surface area contributed by atoms with Crippen LogP contribution in [0.5, 0.6) is 0 Å². The predicted molar refractivity (Wildman–Crippen MR) is 71.5 cm³/mol. The third-order valence-corrected chi connectivity index (χ3v) is 3.65. The number of unbranched alkanes of at least 4 members (excludes halogenated alkanes) is 1. The third kappa shape index (κ3) is 4.76. The minimum Gasteiger partial charge on any atom is -0.393 e. The Hall–Kier alpha value is -0.190. The van der Waals surface area contributed by atoms with Crippen molar-refractivity contribution in [1.82, 2.24) is 4.90 Å². The van der Waals surface area contributed by atoms with Crippen molar-refractivity contribution in [3.63, 3.8) is 0 Å². The van der Waals surface area contributed by atoms with Crippen molar-refractivity contribution >= 4 is 17.2 Å². The van der Waals surface area contributed by atoms with Gasteiger partial charge in [-0.2, -0.15) is 0 Å². The van der Waals surface area contributed by atoms with Crippen LogP contribution in [0.1, 0.15) is 44.9 Å². The van der Waals surface area contributed by atoms with Gasteiger partial charge in [-0.1, -0.05) is 25.1 Å². The summed E-state index contributed by atoms with van der Waals surface area (Å²) in [5.74, 6) is 0. The van der Waals surface area contributed by atoms with Crippen LogP contribution in [-0.2, 0) is 0 Å². The van der Waals surface area contributed by atoms with Gasteiger partial charge in [-0.3, -0.25) is 0 Å². The molecular weight excluding hydrogens is 220 g/mol. The molecule has 94 valence electrons. The molecule has 0 heterocycles. The number of hydrogen-bond acceptors (Lipinski definition) is 3. The number of thiocarbonyl (C=S) groups is 1. The van der Waals surface area contributed by atoms with Gasteiger partial charge >= 0.3 is 0 Å². The lowest BCUT2D eigenvalue weighted by molar-refractivity contribution is 0.0317. The van der Waals surface area contributed by atoms with Crippen LogP contribution in [0.3, 0.4) is 0 Å². The molecule has 4 heteroatoms. The molecule has 0 amide bonds. The lowest BCUT2D eigenvalue weighted by Gasteiger charge is -2.35. The maximum absolute atomic E-state index is 9.90. The summed E-state index contributed by atoms with van der Waals surface area (Å²) < 4.78 is 0.